The Morgan fingerprint density at radius 3 is 2.70 bits per heavy atom. The number of aromatic nitrogens is 2. The van der Waals surface area contributed by atoms with Crippen molar-refractivity contribution in [1.29, 1.82) is 0 Å². The van der Waals surface area contributed by atoms with Gasteiger partial charge in [-0.25, -0.2) is 9.78 Å². The quantitative estimate of drug-likeness (QED) is 0.141. The van der Waals surface area contributed by atoms with Crippen molar-refractivity contribution < 1.29 is 45.4 Å². The van der Waals surface area contributed by atoms with Crippen molar-refractivity contribution in [3.8, 4) is 17.1 Å². The van der Waals surface area contributed by atoms with Crippen molar-refractivity contribution in [2.45, 2.75) is 70.7 Å². The molecular formula is C32H36IN4O6-. The van der Waals surface area contributed by atoms with Gasteiger partial charge in [0.1, 0.15) is 6.61 Å². The fraction of sp³-hybridized carbons (Fsp3) is 0.500. The second kappa shape index (κ2) is 11.2. The average Bonchev–Trinajstić information content (AvgIpc) is 3.41. The molecule has 0 aliphatic carbocycles. The minimum atomic E-state index is -1.86. The van der Waals surface area contributed by atoms with Crippen LogP contribution in [0.5, 0.6) is 5.75 Å². The van der Waals surface area contributed by atoms with Crippen LogP contribution in [0, 0.1) is 0 Å². The summed E-state index contributed by atoms with van der Waals surface area (Å²) in [5, 5.41) is 12.0. The topological polar surface area (TPSA) is 114 Å². The molecular weight excluding hydrogens is 663 g/mol. The number of cyclic esters (lactones) is 1. The molecule has 43 heavy (non-hydrogen) atoms. The molecule has 228 valence electrons. The van der Waals surface area contributed by atoms with Crippen LogP contribution in [-0.2, 0) is 34.7 Å². The Bertz CT molecular complexity index is 1690. The van der Waals surface area contributed by atoms with E-state index in [2.05, 4.69) is 11.8 Å². The zero-order valence-electron chi connectivity index (χ0n) is 24.5. The summed E-state index contributed by atoms with van der Waals surface area (Å²) in [6, 6.07) is 7.81. The van der Waals surface area contributed by atoms with Gasteiger partial charge in [-0.05, 0) is 18.9 Å². The summed E-state index contributed by atoms with van der Waals surface area (Å²) >= 11 is 0.315. The largest absolute Gasteiger partial charge is 0.458 e. The van der Waals surface area contributed by atoms with Gasteiger partial charge in [-0.15, -0.1) is 0 Å². The molecule has 0 saturated carbocycles. The number of carbonyl (C=O) groups excluding carboxylic acids is 2. The van der Waals surface area contributed by atoms with Gasteiger partial charge in [0.25, 0.3) is 5.56 Å². The van der Waals surface area contributed by atoms with Crippen molar-refractivity contribution >= 4 is 23.0 Å². The maximum absolute atomic E-state index is 13.6. The summed E-state index contributed by atoms with van der Waals surface area (Å²) in [5.41, 5.74) is 2.40. The molecule has 2 fully saturated rings. The van der Waals surface area contributed by atoms with Crippen molar-refractivity contribution in [1.82, 2.24) is 19.4 Å². The molecule has 1 amide bonds. The van der Waals surface area contributed by atoms with E-state index in [9.17, 15) is 19.5 Å². The van der Waals surface area contributed by atoms with Crippen LogP contribution < -0.4 is 31.5 Å². The Balaban J connectivity index is 1.16. The van der Waals surface area contributed by atoms with E-state index < -0.39 is 11.6 Å². The van der Waals surface area contributed by atoms with E-state index in [0.29, 0.717) is 81.6 Å². The number of carbonyl (C=O) groups is 2. The number of aryl methyl sites for hydroxylation is 1. The summed E-state index contributed by atoms with van der Waals surface area (Å²) in [7, 11) is 0. The van der Waals surface area contributed by atoms with E-state index in [4.69, 9.17) is 14.5 Å². The van der Waals surface area contributed by atoms with Gasteiger partial charge in [-0.1, -0.05) is 13.8 Å². The maximum Gasteiger partial charge on any atom is 0.343 e. The van der Waals surface area contributed by atoms with E-state index in [1.54, 1.807) is 23.6 Å². The Kier molecular flexibility index (Phi) is 7.45. The second-order valence-corrected chi connectivity index (χ2v) is 14.6. The van der Waals surface area contributed by atoms with Gasteiger partial charge in [-0.2, -0.15) is 0 Å². The van der Waals surface area contributed by atoms with Crippen LogP contribution in [0.15, 0.2) is 29.1 Å². The molecule has 0 spiro atoms. The Morgan fingerprint density at radius 2 is 1.98 bits per heavy atom. The molecule has 1 atom stereocenters. The van der Waals surface area contributed by atoms with Gasteiger partial charge in [0, 0.05) is 11.1 Å². The molecule has 2 saturated heterocycles. The van der Waals surface area contributed by atoms with Gasteiger partial charge in [0.15, 0.2) is 5.60 Å². The monoisotopic (exact) mass is 699 g/mol. The molecule has 0 bridgehead atoms. The number of alkyl halides is 2. The number of nitrogens with zero attached hydrogens (tertiary/aromatic N) is 4. The molecule has 3 aromatic rings. The number of rotatable bonds is 4. The third kappa shape index (κ3) is 4.74. The number of halogens is 1. The molecule has 6 heterocycles. The van der Waals surface area contributed by atoms with Crippen LogP contribution in [0.1, 0.15) is 61.8 Å². The summed E-state index contributed by atoms with van der Waals surface area (Å²) in [5.74, 6) is -0.260. The molecule has 1 aromatic carbocycles. The summed E-state index contributed by atoms with van der Waals surface area (Å²) < 4.78 is 15.4. The van der Waals surface area contributed by atoms with Gasteiger partial charge in [-0.3, -0.25) is 4.79 Å². The molecule has 1 unspecified atom stereocenters. The maximum atomic E-state index is 13.6. The first-order valence-electron chi connectivity index (χ1n) is 15.2. The van der Waals surface area contributed by atoms with Crippen LogP contribution in [0.3, 0.4) is 0 Å². The molecule has 4 aliphatic heterocycles. The molecule has 2 aromatic heterocycles. The van der Waals surface area contributed by atoms with Crippen LogP contribution in [0.25, 0.3) is 22.3 Å². The van der Waals surface area contributed by atoms with Crippen LogP contribution >= 0.6 is 0 Å². The number of benzene rings is 1. The Hall–Kier alpha value is -3.03. The van der Waals surface area contributed by atoms with E-state index in [1.165, 1.54) is 21.9 Å². The molecule has 4 aliphatic rings. The number of aliphatic hydroxyl groups is 1. The van der Waals surface area contributed by atoms with Crippen molar-refractivity contribution in [3.63, 3.8) is 0 Å². The van der Waals surface area contributed by atoms with Gasteiger partial charge < -0.3 is 14.4 Å². The minimum absolute atomic E-state index is 0.0962. The molecule has 7 rings (SSSR count). The summed E-state index contributed by atoms with van der Waals surface area (Å²) in [4.78, 5) is 48.6. The number of likely N-dealkylation sites (tertiary alicyclic amines) is 1. The third-order valence-electron chi connectivity index (χ3n) is 9.53. The smallest absolute Gasteiger partial charge is 0.343 e. The number of hydrogen-bond donors (Lipinski definition) is 1. The Labute approximate surface area is 260 Å². The van der Waals surface area contributed by atoms with E-state index in [0.717, 1.165) is 34.9 Å². The van der Waals surface area contributed by atoms with Crippen LogP contribution in [-0.4, -0.2) is 71.2 Å². The normalized spacial score (nSPS) is 22.4. The SMILES string of the molecule is CCc1c2c(nc3ccc(OC(=O)N4CCC(N5CCC[I-]C5)CC4)cc13)-c1cc3c(c(=O)n1C2)COC(=O)C3(O)CC. The first kappa shape index (κ1) is 28.7. The van der Waals surface area contributed by atoms with Gasteiger partial charge in [0.05, 0.1) is 23.5 Å². The zero-order chi connectivity index (χ0) is 29.9. The number of piperidine rings is 1. The van der Waals surface area contributed by atoms with Crippen LogP contribution in [0.4, 0.5) is 4.79 Å². The number of amides is 1. The molecule has 10 nitrogen and oxygen atoms in total. The Morgan fingerprint density at radius 1 is 1.16 bits per heavy atom. The minimum Gasteiger partial charge on any atom is -0.458 e. The second-order valence-electron chi connectivity index (χ2n) is 11.8. The fourth-order valence-corrected chi connectivity index (χ4v) is 9.79. The summed E-state index contributed by atoms with van der Waals surface area (Å²) in [6.45, 7) is 6.54. The number of hydrogen-bond acceptors (Lipinski definition) is 8. The van der Waals surface area contributed by atoms with Crippen molar-refractivity contribution in [2.24, 2.45) is 0 Å². The van der Waals surface area contributed by atoms with E-state index in [-0.39, 0.29) is 24.7 Å². The number of fused-ring (bicyclic) bond motifs is 5. The van der Waals surface area contributed by atoms with Crippen LogP contribution in [0.2, 0.25) is 0 Å². The molecule has 11 heteroatoms. The average molecular weight is 700 g/mol. The summed E-state index contributed by atoms with van der Waals surface area (Å²) in [6.07, 6.45) is 3.77. The predicted octanol–water partition coefficient (Wildman–Crippen LogP) is 0.357. The van der Waals surface area contributed by atoms with Gasteiger partial charge >= 0.3 is 147 Å². The van der Waals surface area contributed by atoms with Gasteiger partial charge in [0.2, 0.25) is 0 Å². The molecule has 0 radical (unpaired) electrons. The van der Waals surface area contributed by atoms with E-state index in [1.807, 2.05) is 17.0 Å². The zero-order valence-corrected chi connectivity index (χ0v) is 26.7. The number of esters is 1. The van der Waals surface area contributed by atoms with Crippen molar-refractivity contribution in [3.05, 3.63) is 56.9 Å². The first-order chi connectivity index (χ1) is 20.8. The molecule has 1 N–H and O–H groups in total. The fourth-order valence-electron chi connectivity index (χ4n) is 7.05. The number of ether oxygens (including phenoxy) is 2. The van der Waals surface area contributed by atoms with Crippen molar-refractivity contribution in [2.75, 3.05) is 28.6 Å². The first-order valence-corrected chi connectivity index (χ1v) is 18.2. The predicted molar refractivity (Wildman–Crippen MR) is 156 cm³/mol. The standard InChI is InChI=1S/C32H36IN4O6/c1-3-21-22-14-20(43-31(40)35-12-8-19(9-13-35)36-11-5-10-33-18-36)6-7-26(22)34-28-23(21)16-37-27(28)15-25-24(29(37)38)17-42-30(39)32(25,41)4-2/h6-7,14-15,19,41H,3-5,8-13,16-18H2,1-2H3/q-1. The number of pyridine rings is 2. The van der Waals surface area contributed by atoms with E-state index >= 15 is 0 Å². The third-order valence-corrected chi connectivity index (χ3v) is 12.4.